The minimum Gasteiger partial charge on any atom is -0.481 e. The predicted octanol–water partition coefficient (Wildman–Crippen LogP) is 1.63. The van der Waals surface area contributed by atoms with Crippen LogP contribution in [0.1, 0.15) is 13.3 Å². The number of nitrogens with zero attached hydrogens (tertiary/aromatic N) is 3. The maximum atomic E-state index is 13.0. The smallest absolute Gasteiger partial charge is 0.310 e. The molecule has 1 unspecified atom stereocenters. The van der Waals surface area contributed by atoms with Gasteiger partial charge in [-0.15, -0.1) is 0 Å². The number of non-ortho nitro benzene ring substituents is 1. The molecular weight excluding hydrogens is 350 g/mol. The van der Waals surface area contributed by atoms with Crippen LogP contribution in [0.3, 0.4) is 0 Å². The number of carboxylic acid groups (broad SMARTS) is 1. The highest BCUT2D eigenvalue weighted by molar-refractivity contribution is 7.89. The summed E-state index contributed by atoms with van der Waals surface area (Å²) >= 11 is 0. The van der Waals surface area contributed by atoms with Crippen LogP contribution in [0.25, 0.3) is 10.9 Å². The van der Waals surface area contributed by atoms with Crippen molar-refractivity contribution in [1.29, 1.82) is 0 Å². The molecule has 1 aromatic heterocycles. The number of benzene rings is 1. The van der Waals surface area contributed by atoms with E-state index in [-0.39, 0.29) is 41.0 Å². The lowest BCUT2D eigenvalue weighted by Crippen LogP contribution is -2.35. The van der Waals surface area contributed by atoms with Gasteiger partial charge in [0.1, 0.15) is 4.90 Å². The van der Waals surface area contributed by atoms with Crippen LogP contribution in [0.5, 0.6) is 0 Å². The Hall–Kier alpha value is -2.59. The number of carboxylic acids is 1. The van der Waals surface area contributed by atoms with E-state index in [0.717, 1.165) is 16.4 Å². The summed E-state index contributed by atoms with van der Waals surface area (Å²) in [5.41, 5.74) is -1.39. The number of rotatable bonds is 4. The zero-order valence-corrected chi connectivity index (χ0v) is 14.1. The quantitative estimate of drug-likeness (QED) is 0.643. The van der Waals surface area contributed by atoms with Crippen LogP contribution in [0.4, 0.5) is 5.69 Å². The van der Waals surface area contributed by atoms with E-state index >= 15 is 0 Å². The van der Waals surface area contributed by atoms with Crippen LogP contribution in [0.15, 0.2) is 35.4 Å². The van der Waals surface area contributed by atoms with Crippen molar-refractivity contribution in [2.45, 2.75) is 18.2 Å². The minimum absolute atomic E-state index is 0.000582. The molecule has 1 aliphatic heterocycles. The largest absolute Gasteiger partial charge is 0.481 e. The van der Waals surface area contributed by atoms with Gasteiger partial charge in [-0.25, -0.2) is 8.42 Å². The van der Waals surface area contributed by atoms with Gasteiger partial charge in [-0.2, -0.15) is 4.31 Å². The van der Waals surface area contributed by atoms with Gasteiger partial charge < -0.3 is 5.11 Å². The number of hydrogen-bond acceptors (Lipinski definition) is 6. The van der Waals surface area contributed by atoms with Crippen LogP contribution in [0.2, 0.25) is 0 Å². The fraction of sp³-hybridized carbons (Fsp3) is 0.333. The first-order valence-electron chi connectivity index (χ1n) is 7.42. The fourth-order valence-electron chi connectivity index (χ4n) is 2.94. The Balaban J connectivity index is 2.12. The van der Waals surface area contributed by atoms with Gasteiger partial charge in [0.25, 0.3) is 5.69 Å². The molecule has 1 aliphatic rings. The molecule has 3 rings (SSSR count). The Morgan fingerprint density at radius 3 is 2.72 bits per heavy atom. The van der Waals surface area contributed by atoms with Gasteiger partial charge in [-0.05, 0) is 31.5 Å². The molecule has 10 heteroatoms. The van der Waals surface area contributed by atoms with Crippen molar-refractivity contribution in [2.75, 3.05) is 13.1 Å². The lowest BCUT2D eigenvalue weighted by Gasteiger charge is -2.20. The Morgan fingerprint density at radius 2 is 2.12 bits per heavy atom. The summed E-state index contributed by atoms with van der Waals surface area (Å²) in [6, 6.07) is 5.20. The zero-order chi connectivity index (χ0) is 18.4. The summed E-state index contributed by atoms with van der Waals surface area (Å²) in [5, 5.41) is 20.6. The normalized spacial score (nSPS) is 21.5. The van der Waals surface area contributed by atoms with Gasteiger partial charge in [0, 0.05) is 25.4 Å². The number of pyridine rings is 1. The first-order valence-corrected chi connectivity index (χ1v) is 8.86. The molecule has 0 aliphatic carbocycles. The second kappa shape index (κ2) is 5.74. The first kappa shape index (κ1) is 17.2. The summed E-state index contributed by atoms with van der Waals surface area (Å²) in [6.45, 7) is 1.41. The molecule has 0 saturated carbocycles. The number of fused-ring (bicyclic) bond motifs is 1. The second-order valence-corrected chi connectivity index (χ2v) is 8.10. The summed E-state index contributed by atoms with van der Waals surface area (Å²) < 4.78 is 27.0. The molecule has 2 aromatic rings. The molecule has 1 aromatic carbocycles. The molecule has 1 N–H and O–H groups in total. The zero-order valence-electron chi connectivity index (χ0n) is 13.2. The number of aliphatic carboxylic acids is 1. The van der Waals surface area contributed by atoms with E-state index in [2.05, 4.69) is 4.98 Å². The van der Waals surface area contributed by atoms with Crippen molar-refractivity contribution in [3.8, 4) is 0 Å². The Morgan fingerprint density at radius 1 is 1.40 bits per heavy atom. The van der Waals surface area contributed by atoms with E-state index < -0.39 is 26.3 Å². The number of nitro benzene ring substituents is 1. The van der Waals surface area contributed by atoms with Crippen LogP contribution in [-0.4, -0.2) is 46.8 Å². The third-order valence-electron chi connectivity index (χ3n) is 4.48. The fourth-order valence-corrected chi connectivity index (χ4v) is 4.65. The molecule has 9 nitrogen and oxygen atoms in total. The second-order valence-electron chi connectivity index (χ2n) is 6.19. The van der Waals surface area contributed by atoms with E-state index in [1.54, 1.807) is 0 Å². The van der Waals surface area contributed by atoms with Crippen molar-refractivity contribution in [3.05, 3.63) is 40.6 Å². The molecule has 1 fully saturated rings. The highest BCUT2D eigenvalue weighted by Gasteiger charge is 2.45. The van der Waals surface area contributed by atoms with E-state index in [1.165, 1.54) is 25.3 Å². The topological polar surface area (TPSA) is 131 Å². The van der Waals surface area contributed by atoms with Crippen molar-refractivity contribution in [3.63, 3.8) is 0 Å². The summed E-state index contributed by atoms with van der Waals surface area (Å²) in [4.78, 5) is 25.7. The Labute approximate surface area is 143 Å². The number of nitro groups is 1. The molecule has 132 valence electrons. The molecule has 0 bridgehead atoms. The molecule has 1 saturated heterocycles. The monoisotopic (exact) mass is 365 g/mol. The Kier molecular flexibility index (Phi) is 3.96. The molecule has 0 amide bonds. The van der Waals surface area contributed by atoms with E-state index in [4.69, 9.17) is 0 Å². The third-order valence-corrected chi connectivity index (χ3v) is 6.36. The highest BCUT2D eigenvalue weighted by atomic mass is 32.2. The molecule has 25 heavy (non-hydrogen) atoms. The van der Waals surface area contributed by atoms with Crippen LogP contribution >= 0.6 is 0 Å². The number of carbonyl (C=O) groups is 1. The standard InChI is InChI=1S/C15H15N3O6S/c1-15(14(19)20)6-8-17(9-15)25(23,24)12-5-4-11(18(21)22)10-3-2-7-16-13(10)12/h2-5,7H,6,8-9H2,1H3,(H,19,20). The lowest BCUT2D eigenvalue weighted by molar-refractivity contribution is -0.383. The van der Waals surface area contributed by atoms with Gasteiger partial charge in [-0.3, -0.25) is 19.9 Å². The number of sulfonamides is 1. The molecule has 2 heterocycles. The molecule has 0 radical (unpaired) electrons. The van der Waals surface area contributed by atoms with Gasteiger partial charge in [-0.1, -0.05) is 0 Å². The van der Waals surface area contributed by atoms with E-state index in [1.807, 2.05) is 0 Å². The summed E-state index contributed by atoms with van der Waals surface area (Å²) in [5.74, 6) is -1.06. The van der Waals surface area contributed by atoms with Crippen LogP contribution in [-0.2, 0) is 14.8 Å². The average molecular weight is 365 g/mol. The van der Waals surface area contributed by atoms with Gasteiger partial charge in [0.15, 0.2) is 0 Å². The van der Waals surface area contributed by atoms with Gasteiger partial charge in [0.2, 0.25) is 10.0 Å². The molecular formula is C15H15N3O6S. The highest BCUT2D eigenvalue weighted by Crippen LogP contribution is 2.36. The summed E-state index contributed by atoms with van der Waals surface area (Å²) in [6.07, 6.45) is 1.55. The lowest BCUT2D eigenvalue weighted by atomic mass is 9.90. The SMILES string of the molecule is CC1(C(=O)O)CCN(S(=O)(=O)c2ccc([N+](=O)[O-])c3cccnc23)C1. The minimum atomic E-state index is -4.03. The average Bonchev–Trinajstić information content (AvgIpc) is 2.98. The number of hydrogen-bond donors (Lipinski definition) is 1. The van der Waals surface area contributed by atoms with E-state index in [9.17, 15) is 28.4 Å². The predicted molar refractivity (Wildman–Crippen MR) is 87.5 cm³/mol. The van der Waals surface area contributed by atoms with Crippen molar-refractivity contribution >= 4 is 32.6 Å². The first-order chi connectivity index (χ1) is 11.7. The van der Waals surface area contributed by atoms with Gasteiger partial charge >= 0.3 is 5.97 Å². The molecule has 0 spiro atoms. The Bertz CT molecular complexity index is 990. The maximum Gasteiger partial charge on any atom is 0.310 e. The van der Waals surface area contributed by atoms with Gasteiger partial charge in [0.05, 0.1) is 21.2 Å². The third kappa shape index (κ3) is 2.72. The molecule has 1 atom stereocenters. The summed E-state index contributed by atoms with van der Waals surface area (Å²) in [7, 11) is -4.03. The number of aromatic nitrogens is 1. The van der Waals surface area contributed by atoms with Crippen molar-refractivity contribution in [2.24, 2.45) is 5.41 Å². The van der Waals surface area contributed by atoms with E-state index in [0.29, 0.717) is 0 Å². The van der Waals surface area contributed by atoms with Crippen LogP contribution < -0.4 is 0 Å². The van der Waals surface area contributed by atoms with Crippen molar-refractivity contribution < 1.29 is 23.2 Å². The van der Waals surface area contributed by atoms with Crippen LogP contribution in [0, 0.1) is 15.5 Å². The van der Waals surface area contributed by atoms with Crippen molar-refractivity contribution in [1.82, 2.24) is 9.29 Å². The maximum absolute atomic E-state index is 13.0.